The molecule has 2 rings (SSSR count). The fourth-order valence-corrected chi connectivity index (χ4v) is 5.56. The van der Waals surface area contributed by atoms with Crippen molar-refractivity contribution in [2.75, 3.05) is 12.4 Å². The van der Waals surface area contributed by atoms with Gasteiger partial charge >= 0.3 is 6.80 Å². The van der Waals surface area contributed by atoms with E-state index in [1.165, 1.54) is 11.4 Å². The molecular formula is C18H23N2O3PS. The van der Waals surface area contributed by atoms with Crippen molar-refractivity contribution in [1.82, 2.24) is 0 Å². The van der Waals surface area contributed by atoms with Crippen molar-refractivity contribution in [2.45, 2.75) is 20.8 Å². The van der Waals surface area contributed by atoms with Crippen LogP contribution in [-0.2, 0) is 9.09 Å². The Kier molecular flexibility index (Phi) is 7.69. The van der Waals surface area contributed by atoms with Crippen LogP contribution in [0.25, 0.3) is 0 Å². The van der Waals surface area contributed by atoms with E-state index in [-0.39, 0.29) is 0 Å². The summed E-state index contributed by atoms with van der Waals surface area (Å²) in [5.74, 6) is 1.61. The van der Waals surface area contributed by atoms with Gasteiger partial charge in [0.2, 0.25) is 0 Å². The minimum atomic E-state index is -3.21. The molecule has 2 aromatic carbocycles. The van der Waals surface area contributed by atoms with Crippen LogP contribution in [0.1, 0.15) is 20.8 Å². The summed E-state index contributed by atoms with van der Waals surface area (Å²) in [7, 11) is 0. The second kappa shape index (κ2) is 9.76. The molecule has 0 fully saturated rings. The van der Waals surface area contributed by atoms with Crippen molar-refractivity contribution in [1.29, 1.82) is 0 Å². The third kappa shape index (κ3) is 7.02. The number of hydrogen-bond donors (Lipinski definition) is 0. The van der Waals surface area contributed by atoms with E-state index < -0.39 is 6.80 Å². The van der Waals surface area contributed by atoms with Crippen molar-refractivity contribution >= 4 is 29.6 Å². The maximum atomic E-state index is 12.8. The van der Waals surface area contributed by atoms with Crippen molar-refractivity contribution in [3.05, 3.63) is 54.6 Å². The molecule has 0 heterocycles. The molecule has 0 aliphatic heterocycles. The third-order valence-electron chi connectivity index (χ3n) is 2.94. The summed E-state index contributed by atoms with van der Waals surface area (Å²) < 4.78 is 23.8. The third-order valence-corrected chi connectivity index (χ3v) is 7.02. The maximum absolute atomic E-state index is 12.8. The Balaban J connectivity index is 2.02. The van der Waals surface area contributed by atoms with Gasteiger partial charge in [0.15, 0.2) is 0 Å². The average molecular weight is 378 g/mol. The molecule has 0 bridgehead atoms. The summed E-state index contributed by atoms with van der Waals surface area (Å²) in [6.45, 7) is 3.06. The lowest BCUT2D eigenvalue weighted by atomic mass is 10.3. The SMILES string of the molecule is CCOP(=O)(Oc1ccc(N=Nc2ccccc2)cc1)SCC(C)C. The normalized spacial score (nSPS) is 13.9. The summed E-state index contributed by atoms with van der Waals surface area (Å²) in [4.78, 5) is 0. The standard InChI is InChI=1S/C18H23N2O3PS/c1-4-22-24(21,25-14-15(2)3)23-18-12-10-17(11-13-18)20-19-16-8-6-5-7-9-16/h5-13,15H,4,14H2,1-3H3. The van der Waals surface area contributed by atoms with Crippen LogP contribution in [-0.4, -0.2) is 12.4 Å². The first kappa shape index (κ1) is 19.7. The Bertz CT molecular complexity index is 721. The molecule has 0 amide bonds. The molecular weight excluding hydrogens is 355 g/mol. The largest absolute Gasteiger partial charge is 0.440 e. The van der Waals surface area contributed by atoms with E-state index in [0.29, 0.717) is 29.7 Å². The van der Waals surface area contributed by atoms with Gasteiger partial charge in [-0.25, -0.2) is 4.57 Å². The molecule has 0 aromatic heterocycles. The van der Waals surface area contributed by atoms with E-state index >= 15 is 0 Å². The van der Waals surface area contributed by atoms with Gasteiger partial charge < -0.3 is 4.52 Å². The predicted octanol–water partition coefficient (Wildman–Crippen LogP) is 7.01. The Morgan fingerprint density at radius 2 is 1.60 bits per heavy atom. The molecule has 0 N–H and O–H groups in total. The molecule has 0 saturated heterocycles. The molecule has 0 aliphatic rings. The molecule has 2 aromatic rings. The lowest BCUT2D eigenvalue weighted by Gasteiger charge is -2.18. The molecule has 25 heavy (non-hydrogen) atoms. The van der Waals surface area contributed by atoms with Crippen LogP contribution in [0.2, 0.25) is 0 Å². The second-order valence-corrected chi connectivity index (χ2v) is 9.72. The van der Waals surface area contributed by atoms with Crippen molar-refractivity contribution in [3.8, 4) is 5.75 Å². The van der Waals surface area contributed by atoms with Gasteiger partial charge in [0, 0.05) is 5.75 Å². The Labute approximate surface area is 153 Å². The Morgan fingerprint density at radius 3 is 2.16 bits per heavy atom. The van der Waals surface area contributed by atoms with E-state index in [0.717, 1.165) is 5.69 Å². The zero-order valence-corrected chi connectivity index (χ0v) is 16.4. The maximum Gasteiger partial charge on any atom is 0.440 e. The first-order valence-electron chi connectivity index (χ1n) is 8.16. The van der Waals surface area contributed by atoms with E-state index in [2.05, 4.69) is 24.1 Å². The second-order valence-electron chi connectivity index (χ2n) is 5.68. The minimum Gasteiger partial charge on any atom is -0.417 e. The summed E-state index contributed by atoms with van der Waals surface area (Å²) >= 11 is 1.23. The van der Waals surface area contributed by atoms with Crippen LogP contribution in [0.5, 0.6) is 5.75 Å². The van der Waals surface area contributed by atoms with Crippen LogP contribution in [0.3, 0.4) is 0 Å². The van der Waals surface area contributed by atoms with Gasteiger partial charge in [0.25, 0.3) is 0 Å². The first-order chi connectivity index (χ1) is 12.0. The summed E-state index contributed by atoms with van der Waals surface area (Å²) in [6.07, 6.45) is 0. The molecule has 134 valence electrons. The quantitative estimate of drug-likeness (QED) is 0.348. The summed E-state index contributed by atoms with van der Waals surface area (Å²) in [6, 6.07) is 16.5. The highest BCUT2D eigenvalue weighted by Gasteiger charge is 2.27. The van der Waals surface area contributed by atoms with Gasteiger partial charge in [0.05, 0.1) is 18.0 Å². The van der Waals surface area contributed by atoms with Gasteiger partial charge in [-0.3, -0.25) is 4.52 Å². The van der Waals surface area contributed by atoms with Crippen molar-refractivity contribution in [3.63, 3.8) is 0 Å². The molecule has 0 spiro atoms. The molecule has 1 unspecified atom stereocenters. The molecule has 0 radical (unpaired) electrons. The Morgan fingerprint density at radius 1 is 1.00 bits per heavy atom. The predicted molar refractivity (Wildman–Crippen MR) is 104 cm³/mol. The van der Waals surface area contributed by atoms with E-state index in [1.807, 2.05) is 30.3 Å². The fourth-order valence-electron chi connectivity index (χ4n) is 1.80. The number of benzene rings is 2. The van der Waals surface area contributed by atoms with Gasteiger partial charge in [-0.2, -0.15) is 10.2 Å². The topological polar surface area (TPSA) is 60.2 Å². The van der Waals surface area contributed by atoms with Crippen LogP contribution in [0.15, 0.2) is 64.8 Å². The smallest absolute Gasteiger partial charge is 0.417 e. The van der Waals surface area contributed by atoms with E-state index in [9.17, 15) is 4.57 Å². The highest BCUT2D eigenvalue weighted by molar-refractivity contribution is 8.55. The minimum absolute atomic E-state index is 0.339. The number of hydrogen-bond acceptors (Lipinski definition) is 6. The van der Waals surface area contributed by atoms with E-state index in [4.69, 9.17) is 9.05 Å². The first-order valence-corrected chi connectivity index (χ1v) is 11.3. The lowest BCUT2D eigenvalue weighted by Crippen LogP contribution is -1.98. The van der Waals surface area contributed by atoms with Crippen LogP contribution in [0.4, 0.5) is 11.4 Å². The van der Waals surface area contributed by atoms with Crippen LogP contribution < -0.4 is 4.52 Å². The number of azo groups is 1. The summed E-state index contributed by atoms with van der Waals surface area (Å²) in [5, 5.41) is 8.33. The van der Waals surface area contributed by atoms with Crippen LogP contribution >= 0.6 is 18.2 Å². The molecule has 0 aliphatic carbocycles. The number of rotatable bonds is 9. The molecule has 5 nitrogen and oxygen atoms in total. The zero-order valence-electron chi connectivity index (χ0n) is 14.7. The fraction of sp³-hybridized carbons (Fsp3) is 0.333. The average Bonchev–Trinajstić information content (AvgIpc) is 2.61. The van der Waals surface area contributed by atoms with Gasteiger partial charge in [-0.15, -0.1) is 0 Å². The monoisotopic (exact) mass is 378 g/mol. The van der Waals surface area contributed by atoms with Crippen LogP contribution in [0, 0.1) is 5.92 Å². The number of nitrogens with zero attached hydrogens (tertiary/aromatic N) is 2. The molecule has 1 atom stereocenters. The van der Waals surface area contributed by atoms with Gasteiger partial charge in [0.1, 0.15) is 5.75 Å². The van der Waals surface area contributed by atoms with E-state index in [1.54, 1.807) is 31.2 Å². The molecule has 7 heteroatoms. The lowest BCUT2D eigenvalue weighted by molar-refractivity contribution is 0.296. The highest BCUT2D eigenvalue weighted by atomic mass is 32.7. The van der Waals surface area contributed by atoms with Crippen molar-refractivity contribution < 1.29 is 13.6 Å². The van der Waals surface area contributed by atoms with Gasteiger partial charge in [-0.05, 0) is 60.6 Å². The van der Waals surface area contributed by atoms with Crippen molar-refractivity contribution in [2.24, 2.45) is 16.1 Å². The Hall–Kier alpha value is -1.62. The molecule has 0 saturated carbocycles. The highest BCUT2D eigenvalue weighted by Crippen LogP contribution is 2.60. The zero-order chi connectivity index (χ0) is 18.1. The van der Waals surface area contributed by atoms with Gasteiger partial charge in [-0.1, -0.05) is 32.0 Å². The summed E-state index contributed by atoms with van der Waals surface area (Å²) in [5.41, 5.74) is 1.48.